The zero-order valence-electron chi connectivity index (χ0n) is 11.9. The van der Waals surface area contributed by atoms with E-state index in [1.165, 1.54) is 12.1 Å². The molecule has 112 valence electrons. The van der Waals surface area contributed by atoms with E-state index in [0.717, 1.165) is 16.7 Å². The first-order valence-electron chi connectivity index (χ1n) is 6.26. The van der Waals surface area contributed by atoms with Crippen molar-refractivity contribution in [2.24, 2.45) is 0 Å². The summed E-state index contributed by atoms with van der Waals surface area (Å²) in [5.41, 5.74) is 3.36. The number of hydrogen-bond acceptors (Lipinski definition) is 2. The van der Waals surface area contributed by atoms with Gasteiger partial charge in [-0.3, -0.25) is 4.72 Å². The van der Waals surface area contributed by atoms with Gasteiger partial charge in [0, 0.05) is 5.02 Å². The minimum absolute atomic E-state index is 0.0314. The lowest BCUT2D eigenvalue weighted by atomic mass is 10.1. The van der Waals surface area contributed by atoms with Crippen molar-refractivity contribution in [3.8, 4) is 0 Å². The first-order valence-corrected chi connectivity index (χ1v) is 8.50. The molecule has 2 aromatic rings. The number of aryl methyl sites for hydroxylation is 3. The Morgan fingerprint density at radius 1 is 0.952 bits per heavy atom. The van der Waals surface area contributed by atoms with E-state index < -0.39 is 10.0 Å². The van der Waals surface area contributed by atoms with Crippen LogP contribution in [-0.2, 0) is 10.0 Å². The predicted octanol–water partition coefficient (Wildman–Crippen LogP) is 4.72. The second kappa shape index (κ2) is 5.87. The summed E-state index contributed by atoms with van der Waals surface area (Å²) >= 11 is 11.8. The summed E-state index contributed by atoms with van der Waals surface area (Å²) in [6.07, 6.45) is 0. The number of hydrogen-bond donors (Lipinski definition) is 1. The molecular formula is C15H15Cl2NO2S. The fourth-order valence-corrected chi connectivity index (χ4v) is 4.18. The molecule has 0 heterocycles. The molecule has 0 fully saturated rings. The molecule has 0 amide bonds. The third kappa shape index (κ3) is 3.51. The van der Waals surface area contributed by atoms with Crippen LogP contribution in [-0.4, -0.2) is 8.42 Å². The normalized spacial score (nSPS) is 11.5. The van der Waals surface area contributed by atoms with Gasteiger partial charge >= 0.3 is 0 Å². The molecule has 0 bridgehead atoms. The molecule has 0 aliphatic heterocycles. The Morgan fingerprint density at radius 3 is 2.10 bits per heavy atom. The van der Waals surface area contributed by atoms with Gasteiger partial charge in [0.1, 0.15) is 4.90 Å². The van der Waals surface area contributed by atoms with E-state index in [0.29, 0.717) is 10.7 Å². The molecule has 0 unspecified atom stereocenters. The van der Waals surface area contributed by atoms with Gasteiger partial charge in [-0.15, -0.1) is 0 Å². The summed E-state index contributed by atoms with van der Waals surface area (Å²) < 4.78 is 27.6. The van der Waals surface area contributed by atoms with Crippen LogP contribution in [0, 0.1) is 20.8 Å². The Morgan fingerprint density at radius 2 is 1.52 bits per heavy atom. The maximum Gasteiger partial charge on any atom is 0.263 e. The number of anilines is 1. The van der Waals surface area contributed by atoms with Crippen LogP contribution in [0.25, 0.3) is 0 Å². The zero-order chi connectivity index (χ0) is 15.8. The molecule has 0 saturated heterocycles. The number of nitrogens with one attached hydrogen (secondary N) is 1. The lowest BCUT2D eigenvalue weighted by molar-refractivity contribution is 0.601. The van der Waals surface area contributed by atoms with Gasteiger partial charge in [0.05, 0.1) is 10.7 Å². The monoisotopic (exact) mass is 343 g/mol. The highest BCUT2D eigenvalue weighted by molar-refractivity contribution is 7.92. The highest BCUT2D eigenvalue weighted by Crippen LogP contribution is 2.29. The SMILES string of the molecule is Cc1cc(C)c(NS(=O)(=O)c2cc(Cl)ccc2Cl)c(C)c1. The van der Waals surface area contributed by atoms with Gasteiger partial charge in [0.25, 0.3) is 10.0 Å². The van der Waals surface area contributed by atoms with Crippen molar-refractivity contribution in [2.45, 2.75) is 25.7 Å². The minimum atomic E-state index is -3.79. The quantitative estimate of drug-likeness (QED) is 0.876. The Bertz CT molecular complexity index is 778. The first-order chi connectivity index (χ1) is 9.70. The lowest BCUT2D eigenvalue weighted by Gasteiger charge is -2.15. The Labute approximate surface area is 135 Å². The van der Waals surface area contributed by atoms with Gasteiger partial charge in [-0.1, -0.05) is 40.9 Å². The van der Waals surface area contributed by atoms with Crippen LogP contribution in [0.4, 0.5) is 5.69 Å². The largest absolute Gasteiger partial charge is 0.279 e. The van der Waals surface area contributed by atoms with Gasteiger partial charge in [0.2, 0.25) is 0 Å². The Balaban J connectivity index is 2.50. The van der Waals surface area contributed by atoms with E-state index in [4.69, 9.17) is 23.2 Å². The van der Waals surface area contributed by atoms with E-state index in [1.54, 1.807) is 6.07 Å². The first kappa shape index (κ1) is 16.1. The third-order valence-corrected chi connectivity index (χ3v) is 5.16. The second-order valence-electron chi connectivity index (χ2n) is 4.95. The van der Waals surface area contributed by atoms with E-state index >= 15 is 0 Å². The number of halogens is 2. The minimum Gasteiger partial charge on any atom is -0.279 e. The van der Waals surface area contributed by atoms with E-state index in [9.17, 15) is 8.42 Å². The van der Waals surface area contributed by atoms with Crippen LogP contribution in [0.2, 0.25) is 10.0 Å². The van der Waals surface area contributed by atoms with E-state index in [1.807, 2.05) is 32.9 Å². The number of sulfonamides is 1. The van der Waals surface area contributed by atoms with Gasteiger partial charge in [-0.2, -0.15) is 0 Å². The smallest absolute Gasteiger partial charge is 0.263 e. The summed E-state index contributed by atoms with van der Waals surface area (Å²) in [4.78, 5) is -0.0314. The molecule has 0 atom stereocenters. The number of benzene rings is 2. The standard InChI is InChI=1S/C15H15Cl2NO2S/c1-9-6-10(2)15(11(3)7-9)18-21(19,20)14-8-12(16)4-5-13(14)17/h4-8,18H,1-3H3. The van der Waals surface area contributed by atoms with Crippen molar-refractivity contribution in [1.29, 1.82) is 0 Å². The highest BCUT2D eigenvalue weighted by Gasteiger charge is 2.20. The van der Waals surface area contributed by atoms with Crippen LogP contribution in [0.5, 0.6) is 0 Å². The highest BCUT2D eigenvalue weighted by atomic mass is 35.5. The van der Waals surface area contributed by atoms with Gasteiger partial charge in [-0.05, 0) is 50.1 Å². The predicted molar refractivity (Wildman–Crippen MR) is 87.9 cm³/mol. The molecule has 6 heteroatoms. The molecule has 0 saturated carbocycles. The van der Waals surface area contributed by atoms with Crippen molar-refractivity contribution in [1.82, 2.24) is 0 Å². The fourth-order valence-electron chi connectivity index (χ4n) is 2.21. The molecule has 0 aliphatic carbocycles. The van der Waals surface area contributed by atoms with Crippen molar-refractivity contribution in [2.75, 3.05) is 4.72 Å². The Hall–Kier alpha value is -1.23. The molecule has 0 radical (unpaired) electrons. The van der Waals surface area contributed by atoms with E-state index in [2.05, 4.69) is 4.72 Å². The fraction of sp³-hybridized carbons (Fsp3) is 0.200. The van der Waals surface area contributed by atoms with Crippen molar-refractivity contribution in [3.63, 3.8) is 0 Å². The van der Waals surface area contributed by atoms with Gasteiger partial charge < -0.3 is 0 Å². The average Bonchev–Trinajstić information content (AvgIpc) is 2.36. The second-order valence-corrected chi connectivity index (χ2v) is 7.45. The molecule has 0 aliphatic rings. The van der Waals surface area contributed by atoms with Crippen LogP contribution in [0.15, 0.2) is 35.2 Å². The van der Waals surface area contributed by atoms with Gasteiger partial charge in [0.15, 0.2) is 0 Å². The van der Waals surface area contributed by atoms with Crippen molar-refractivity contribution >= 4 is 38.9 Å². The van der Waals surface area contributed by atoms with E-state index in [-0.39, 0.29) is 9.92 Å². The van der Waals surface area contributed by atoms with Crippen LogP contribution < -0.4 is 4.72 Å². The molecular weight excluding hydrogens is 329 g/mol. The molecule has 21 heavy (non-hydrogen) atoms. The summed E-state index contributed by atoms with van der Waals surface area (Å²) in [5.74, 6) is 0. The number of rotatable bonds is 3. The van der Waals surface area contributed by atoms with Gasteiger partial charge in [-0.25, -0.2) is 8.42 Å². The summed E-state index contributed by atoms with van der Waals surface area (Å²) in [6.45, 7) is 5.68. The lowest BCUT2D eigenvalue weighted by Crippen LogP contribution is -2.15. The topological polar surface area (TPSA) is 46.2 Å². The average molecular weight is 344 g/mol. The molecule has 2 aromatic carbocycles. The third-order valence-electron chi connectivity index (χ3n) is 3.10. The molecule has 2 rings (SSSR count). The maximum atomic E-state index is 12.5. The molecule has 0 aromatic heterocycles. The molecule has 3 nitrogen and oxygen atoms in total. The summed E-state index contributed by atoms with van der Waals surface area (Å²) in [5, 5.41) is 0.450. The molecule has 0 spiro atoms. The Kier molecular flexibility index (Phi) is 4.51. The molecule has 1 N–H and O–H groups in total. The summed E-state index contributed by atoms with van der Waals surface area (Å²) in [7, 11) is -3.79. The van der Waals surface area contributed by atoms with Crippen LogP contribution in [0.1, 0.15) is 16.7 Å². The van der Waals surface area contributed by atoms with Crippen molar-refractivity contribution < 1.29 is 8.42 Å². The van der Waals surface area contributed by atoms with Crippen molar-refractivity contribution in [3.05, 3.63) is 57.1 Å². The maximum absolute atomic E-state index is 12.5. The van der Waals surface area contributed by atoms with Crippen LogP contribution >= 0.6 is 23.2 Å². The summed E-state index contributed by atoms with van der Waals surface area (Å²) in [6, 6.07) is 8.19. The zero-order valence-corrected chi connectivity index (χ0v) is 14.2. The van der Waals surface area contributed by atoms with Crippen LogP contribution in [0.3, 0.4) is 0 Å².